The van der Waals surface area contributed by atoms with Crippen molar-refractivity contribution in [1.29, 1.82) is 0 Å². The van der Waals surface area contributed by atoms with Crippen LogP contribution in [-0.2, 0) is 9.59 Å². The van der Waals surface area contributed by atoms with Gasteiger partial charge in [0, 0.05) is 56.9 Å². The van der Waals surface area contributed by atoms with Gasteiger partial charge in [0.2, 0.25) is 23.5 Å². The van der Waals surface area contributed by atoms with Crippen LogP contribution in [0, 0.1) is 0 Å². The highest BCUT2D eigenvalue weighted by Gasteiger charge is 2.22. The van der Waals surface area contributed by atoms with Gasteiger partial charge in [-0.15, -0.1) is 0 Å². The molecule has 0 radical (unpaired) electrons. The van der Waals surface area contributed by atoms with Gasteiger partial charge in [-0.05, 0) is 31.4 Å². The molecule has 2 aromatic heterocycles. The number of carbonyl (C=O) groups excluding carboxylic acids is 2. The van der Waals surface area contributed by atoms with Gasteiger partial charge >= 0.3 is 0 Å². The summed E-state index contributed by atoms with van der Waals surface area (Å²) >= 11 is 0. The van der Waals surface area contributed by atoms with Gasteiger partial charge in [0.1, 0.15) is 0 Å². The zero-order valence-electron chi connectivity index (χ0n) is 14.9. The van der Waals surface area contributed by atoms with Crippen LogP contribution in [0.1, 0.15) is 44.4 Å². The fourth-order valence-corrected chi connectivity index (χ4v) is 3.07. The Balaban J connectivity index is 1.72. The van der Waals surface area contributed by atoms with Gasteiger partial charge in [-0.3, -0.25) is 14.6 Å². The van der Waals surface area contributed by atoms with Crippen molar-refractivity contribution < 1.29 is 14.1 Å². The lowest BCUT2D eigenvalue weighted by molar-refractivity contribution is -0.129. The zero-order valence-corrected chi connectivity index (χ0v) is 14.9. The monoisotopic (exact) mass is 357 g/mol. The fourth-order valence-electron chi connectivity index (χ4n) is 3.07. The first-order valence-electron chi connectivity index (χ1n) is 8.89. The minimum Gasteiger partial charge on any atom is -0.356 e. The molecule has 138 valence electrons. The van der Waals surface area contributed by atoms with Crippen molar-refractivity contribution in [1.82, 2.24) is 25.3 Å². The van der Waals surface area contributed by atoms with Crippen molar-refractivity contribution in [3.63, 3.8) is 0 Å². The third kappa shape index (κ3) is 4.65. The number of hydrogen-bond acceptors (Lipinski definition) is 6. The van der Waals surface area contributed by atoms with Crippen LogP contribution in [0.25, 0.3) is 11.4 Å². The van der Waals surface area contributed by atoms with Crippen LogP contribution < -0.4 is 5.32 Å². The summed E-state index contributed by atoms with van der Waals surface area (Å²) in [5.74, 6) is 1.06. The summed E-state index contributed by atoms with van der Waals surface area (Å²) in [5.41, 5.74) is 0.801. The van der Waals surface area contributed by atoms with Crippen molar-refractivity contribution in [3.8, 4) is 11.4 Å². The summed E-state index contributed by atoms with van der Waals surface area (Å²) in [6.45, 7) is 3.17. The highest BCUT2D eigenvalue weighted by molar-refractivity contribution is 5.78. The van der Waals surface area contributed by atoms with Crippen molar-refractivity contribution in [2.75, 3.05) is 19.6 Å². The summed E-state index contributed by atoms with van der Waals surface area (Å²) in [5, 5.41) is 6.96. The molecule has 8 heteroatoms. The molecular weight excluding hydrogens is 334 g/mol. The van der Waals surface area contributed by atoms with Gasteiger partial charge in [0.15, 0.2) is 0 Å². The summed E-state index contributed by atoms with van der Waals surface area (Å²) in [4.78, 5) is 33.9. The number of amides is 2. The van der Waals surface area contributed by atoms with E-state index in [4.69, 9.17) is 4.52 Å². The number of hydrogen-bond donors (Lipinski definition) is 1. The average Bonchev–Trinajstić information content (AvgIpc) is 3.11. The van der Waals surface area contributed by atoms with Gasteiger partial charge in [-0.25, -0.2) is 0 Å². The standard InChI is InChI=1S/C18H23N5O3/c1-13(24)23-10-3-5-14(6-9-20-16(25)7-11-23)18-21-17(22-26-18)15-4-2-8-19-12-15/h2,4,8,12,14H,3,5-7,9-11H2,1H3,(H,20,25). The molecule has 3 heterocycles. The van der Waals surface area contributed by atoms with Crippen molar-refractivity contribution in [3.05, 3.63) is 30.4 Å². The maximum atomic E-state index is 11.9. The molecule has 1 aliphatic heterocycles. The first-order chi connectivity index (χ1) is 12.6. The maximum absolute atomic E-state index is 11.9. The second-order valence-corrected chi connectivity index (χ2v) is 6.43. The molecule has 1 unspecified atom stereocenters. The van der Waals surface area contributed by atoms with Crippen molar-refractivity contribution in [2.45, 2.75) is 38.5 Å². The van der Waals surface area contributed by atoms with Crippen molar-refractivity contribution in [2.24, 2.45) is 0 Å². The molecule has 1 aliphatic rings. The number of carbonyl (C=O) groups is 2. The third-order valence-electron chi connectivity index (χ3n) is 4.56. The lowest BCUT2D eigenvalue weighted by atomic mass is 9.99. The molecule has 0 bridgehead atoms. The van der Waals surface area contributed by atoms with E-state index in [2.05, 4.69) is 20.4 Å². The molecule has 0 aliphatic carbocycles. The van der Waals surface area contributed by atoms with Gasteiger partial charge in [-0.1, -0.05) is 5.16 Å². The van der Waals surface area contributed by atoms with E-state index in [1.54, 1.807) is 17.3 Å². The number of nitrogens with one attached hydrogen (secondary N) is 1. The molecule has 8 nitrogen and oxygen atoms in total. The molecule has 1 fully saturated rings. The first kappa shape index (κ1) is 18.0. The van der Waals surface area contributed by atoms with Crippen LogP contribution in [0.15, 0.2) is 29.0 Å². The van der Waals surface area contributed by atoms with E-state index in [9.17, 15) is 9.59 Å². The number of nitrogens with zero attached hydrogens (tertiary/aromatic N) is 4. The van der Waals surface area contributed by atoms with E-state index in [1.165, 1.54) is 6.92 Å². The molecule has 1 N–H and O–H groups in total. The third-order valence-corrected chi connectivity index (χ3v) is 4.56. The smallest absolute Gasteiger partial charge is 0.230 e. The largest absolute Gasteiger partial charge is 0.356 e. The number of rotatable bonds is 2. The van der Waals surface area contributed by atoms with E-state index in [0.717, 1.165) is 24.8 Å². The van der Waals surface area contributed by atoms with E-state index in [1.807, 2.05) is 12.1 Å². The van der Waals surface area contributed by atoms with Gasteiger partial charge in [-0.2, -0.15) is 4.98 Å². The van der Waals surface area contributed by atoms with Gasteiger partial charge in [0.25, 0.3) is 0 Å². The summed E-state index contributed by atoms with van der Waals surface area (Å²) < 4.78 is 5.48. The highest BCUT2D eigenvalue weighted by Crippen LogP contribution is 2.26. The fraction of sp³-hybridized carbons (Fsp3) is 0.500. The molecule has 2 amide bonds. The van der Waals surface area contributed by atoms with Crippen molar-refractivity contribution >= 4 is 11.8 Å². The van der Waals surface area contributed by atoms with Crippen LogP contribution >= 0.6 is 0 Å². The van der Waals surface area contributed by atoms with Crippen LogP contribution in [0.2, 0.25) is 0 Å². The summed E-state index contributed by atoms with van der Waals surface area (Å²) in [6, 6.07) is 3.70. The second kappa shape index (κ2) is 8.55. The summed E-state index contributed by atoms with van der Waals surface area (Å²) in [6.07, 6.45) is 6.07. The van der Waals surface area contributed by atoms with E-state index < -0.39 is 0 Å². The Hall–Kier alpha value is -2.77. The molecular formula is C18H23N5O3. The van der Waals surface area contributed by atoms with Gasteiger partial charge in [0.05, 0.1) is 0 Å². The minimum absolute atomic E-state index is 0.00903. The molecule has 0 aromatic carbocycles. The lowest BCUT2D eigenvalue weighted by Gasteiger charge is -2.20. The Labute approximate surface area is 152 Å². The lowest BCUT2D eigenvalue weighted by Crippen LogP contribution is -2.34. The highest BCUT2D eigenvalue weighted by atomic mass is 16.5. The molecule has 3 rings (SSSR count). The Kier molecular flexibility index (Phi) is 5.93. The molecule has 2 aromatic rings. The van der Waals surface area contributed by atoms with E-state index >= 15 is 0 Å². The summed E-state index contributed by atoms with van der Waals surface area (Å²) in [7, 11) is 0. The van der Waals surface area contributed by atoms with E-state index in [-0.39, 0.29) is 17.7 Å². The number of aromatic nitrogens is 3. The molecule has 0 saturated carbocycles. The normalized spacial score (nSPS) is 19.5. The zero-order chi connectivity index (χ0) is 18.4. The maximum Gasteiger partial charge on any atom is 0.230 e. The Bertz CT molecular complexity index is 746. The Morgan fingerprint density at radius 2 is 2.23 bits per heavy atom. The molecule has 1 saturated heterocycles. The second-order valence-electron chi connectivity index (χ2n) is 6.43. The molecule has 1 atom stereocenters. The van der Waals surface area contributed by atoms with Crippen LogP contribution in [0.3, 0.4) is 0 Å². The molecule has 0 spiro atoms. The minimum atomic E-state index is -0.0431. The quantitative estimate of drug-likeness (QED) is 0.879. The predicted molar refractivity (Wildman–Crippen MR) is 94.0 cm³/mol. The van der Waals surface area contributed by atoms with Gasteiger partial charge < -0.3 is 14.7 Å². The predicted octanol–water partition coefficient (Wildman–Crippen LogP) is 1.75. The Morgan fingerprint density at radius 1 is 1.35 bits per heavy atom. The average molecular weight is 357 g/mol. The first-order valence-corrected chi connectivity index (χ1v) is 8.89. The van der Waals surface area contributed by atoms with Crippen LogP contribution in [-0.4, -0.2) is 51.5 Å². The topological polar surface area (TPSA) is 101 Å². The number of pyridine rings is 1. The van der Waals surface area contributed by atoms with Crippen LogP contribution in [0.4, 0.5) is 0 Å². The SMILES string of the molecule is CC(=O)N1CCCC(c2nc(-c3cccnc3)no2)CCNC(=O)CC1. The van der Waals surface area contributed by atoms with E-state index in [0.29, 0.717) is 37.8 Å². The van der Waals surface area contributed by atoms with Crippen LogP contribution in [0.5, 0.6) is 0 Å². The molecule has 26 heavy (non-hydrogen) atoms. The Morgan fingerprint density at radius 3 is 3.00 bits per heavy atom.